The minimum atomic E-state index is -0.236. The fourth-order valence-corrected chi connectivity index (χ4v) is 2.12. The van der Waals surface area contributed by atoms with Crippen LogP contribution in [0.5, 0.6) is 0 Å². The van der Waals surface area contributed by atoms with Gasteiger partial charge in [-0.25, -0.2) is 0 Å². The Balaban J connectivity index is 1.70. The van der Waals surface area contributed by atoms with Crippen molar-refractivity contribution in [2.75, 3.05) is 13.1 Å². The van der Waals surface area contributed by atoms with E-state index in [9.17, 15) is 9.59 Å². The van der Waals surface area contributed by atoms with Crippen LogP contribution in [0.3, 0.4) is 0 Å². The second kappa shape index (κ2) is 8.50. The molecule has 7 heteroatoms. The van der Waals surface area contributed by atoms with Gasteiger partial charge in [0.1, 0.15) is 5.69 Å². The van der Waals surface area contributed by atoms with E-state index < -0.39 is 0 Å². The first kappa shape index (κ1) is 17.2. The molecule has 2 rings (SSSR count). The lowest BCUT2D eigenvalue weighted by Gasteiger charge is -2.07. The number of hydrogen-bond donors (Lipinski definition) is 2. The van der Waals surface area contributed by atoms with Gasteiger partial charge in [0.25, 0.3) is 11.8 Å². The Morgan fingerprint density at radius 1 is 0.957 bits per heavy atom. The van der Waals surface area contributed by atoms with Gasteiger partial charge in [0.15, 0.2) is 0 Å². The van der Waals surface area contributed by atoms with Crippen molar-refractivity contribution < 1.29 is 9.59 Å². The van der Waals surface area contributed by atoms with Crippen LogP contribution in [-0.2, 0) is 0 Å². The summed E-state index contributed by atoms with van der Waals surface area (Å²) in [4.78, 5) is 27.6. The molecule has 0 aliphatic carbocycles. The summed E-state index contributed by atoms with van der Waals surface area (Å²) in [6.45, 7) is 0.874. The number of nitrogens with one attached hydrogen (secondary N) is 2. The van der Waals surface area contributed by atoms with E-state index >= 15 is 0 Å². The minimum Gasteiger partial charge on any atom is -0.352 e. The molecule has 5 nitrogen and oxygen atoms in total. The highest BCUT2D eigenvalue weighted by atomic mass is 35.5. The molecule has 0 unspecified atom stereocenters. The van der Waals surface area contributed by atoms with E-state index in [0.717, 1.165) is 0 Å². The van der Waals surface area contributed by atoms with E-state index in [4.69, 9.17) is 23.2 Å². The van der Waals surface area contributed by atoms with Crippen molar-refractivity contribution in [3.63, 3.8) is 0 Å². The average molecular weight is 352 g/mol. The molecule has 1 heterocycles. The summed E-state index contributed by atoms with van der Waals surface area (Å²) in [6, 6.07) is 9.83. The Kier molecular flexibility index (Phi) is 6.38. The first-order valence-corrected chi connectivity index (χ1v) is 7.76. The quantitative estimate of drug-likeness (QED) is 0.786. The van der Waals surface area contributed by atoms with Crippen LogP contribution in [0.1, 0.15) is 27.3 Å². The third kappa shape index (κ3) is 5.23. The van der Waals surface area contributed by atoms with Gasteiger partial charge < -0.3 is 10.6 Å². The van der Waals surface area contributed by atoms with Gasteiger partial charge in [0.2, 0.25) is 0 Å². The number of aromatic nitrogens is 1. The summed E-state index contributed by atoms with van der Waals surface area (Å²) in [5.41, 5.74) is 0.810. The standard InChI is InChI=1S/C16H15Cl2N3O2/c17-12-6-5-11(10-13(12)18)15(22)20-8-3-9-21-16(23)14-4-1-2-7-19-14/h1-2,4-7,10H,3,8-9H2,(H,20,22)(H,21,23). The van der Waals surface area contributed by atoms with Crippen molar-refractivity contribution in [2.45, 2.75) is 6.42 Å². The highest BCUT2D eigenvalue weighted by Crippen LogP contribution is 2.22. The summed E-state index contributed by atoms with van der Waals surface area (Å²) >= 11 is 11.7. The smallest absolute Gasteiger partial charge is 0.269 e. The normalized spacial score (nSPS) is 10.2. The van der Waals surface area contributed by atoms with Gasteiger partial charge in [0, 0.05) is 24.8 Å². The Morgan fingerprint density at radius 2 is 1.70 bits per heavy atom. The molecule has 1 aromatic carbocycles. The zero-order chi connectivity index (χ0) is 16.7. The maximum absolute atomic E-state index is 11.9. The summed E-state index contributed by atoms with van der Waals surface area (Å²) < 4.78 is 0. The predicted octanol–water partition coefficient (Wildman–Crippen LogP) is 2.94. The molecule has 0 saturated carbocycles. The molecule has 0 saturated heterocycles. The number of benzene rings is 1. The second-order valence-corrected chi connectivity index (χ2v) is 5.52. The number of hydrogen-bond acceptors (Lipinski definition) is 3. The molecule has 0 aliphatic rings. The van der Waals surface area contributed by atoms with Crippen LogP contribution in [0.25, 0.3) is 0 Å². The van der Waals surface area contributed by atoms with E-state index in [1.807, 2.05) is 0 Å². The third-order valence-corrected chi connectivity index (χ3v) is 3.74. The summed E-state index contributed by atoms with van der Waals surface area (Å²) in [5.74, 6) is -0.471. The molecule has 120 valence electrons. The van der Waals surface area contributed by atoms with Gasteiger partial charge in [-0.2, -0.15) is 0 Å². The van der Waals surface area contributed by atoms with Gasteiger partial charge in [0.05, 0.1) is 10.0 Å². The van der Waals surface area contributed by atoms with E-state index in [2.05, 4.69) is 15.6 Å². The van der Waals surface area contributed by atoms with Gasteiger partial charge in [-0.05, 0) is 36.8 Å². The first-order chi connectivity index (χ1) is 11.1. The Labute approximate surface area is 144 Å². The lowest BCUT2D eigenvalue weighted by molar-refractivity contribution is 0.0948. The molecular weight excluding hydrogens is 337 g/mol. The fraction of sp³-hybridized carbons (Fsp3) is 0.188. The van der Waals surface area contributed by atoms with Crippen LogP contribution in [-0.4, -0.2) is 29.9 Å². The number of nitrogens with zero attached hydrogens (tertiary/aromatic N) is 1. The molecule has 0 bridgehead atoms. The zero-order valence-electron chi connectivity index (χ0n) is 12.2. The maximum atomic E-state index is 11.9. The lowest BCUT2D eigenvalue weighted by Crippen LogP contribution is -2.30. The van der Waals surface area contributed by atoms with Crippen LogP contribution in [0.15, 0.2) is 42.6 Å². The van der Waals surface area contributed by atoms with E-state index in [1.165, 1.54) is 6.07 Å². The van der Waals surface area contributed by atoms with Crippen molar-refractivity contribution in [2.24, 2.45) is 0 Å². The molecule has 23 heavy (non-hydrogen) atoms. The van der Waals surface area contributed by atoms with Crippen molar-refractivity contribution in [1.29, 1.82) is 0 Å². The molecule has 0 spiro atoms. The largest absolute Gasteiger partial charge is 0.352 e. The predicted molar refractivity (Wildman–Crippen MR) is 90.0 cm³/mol. The van der Waals surface area contributed by atoms with Crippen LogP contribution >= 0.6 is 23.2 Å². The molecular formula is C16H15Cl2N3O2. The minimum absolute atomic E-state index is 0.235. The zero-order valence-corrected chi connectivity index (χ0v) is 13.7. The highest BCUT2D eigenvalue weighted by molar-refractivity contribution is 6.42. The van der Waals surface area contributed by atoms with Crippen molar-refractivity contribution in [3.8, 4) is 0 Å². The molecule has 0 atom stereocenters. The number of halogens is 2. The van der Waals surface area contributed by atoms with Crippen molar-refractivity contribution in [3.05, 3.63) is 63.9 Å². The Bertz CT molecular complexity index is 693. The molecule has 0 radical (unpaired) electrons. The average Bonchev–Trinajstić information content (AvgIpc) is 2.57. The van der Waals surface area contributed by atoms with Crippen LogP contribution in [0, 0.1) is 0 Å². The van der Waals surface area contributed by atoms with Gasteiger partial charge >= 0.3 is 0 Å². The molecule has 2 N–H and O–H groups in total. The van der Waals surface area contributed by atoms with Crippen LogP contribution in [0.4, 0.5) is 0 Å². The highest BCUT2D eigenvalue weighted by Gasteiger charge is 2.08. The number of carbonyl (C=O) groups excluding carboxylic acids is 2. The molecule has 1 aromatic heterocycles. The van der Waals surface area contributed by atoms with Crippen molar-refractivity contribution >= 4 is 35.0 Å². The van der Waals surface area contributed by atoms with Gasteiger partial charge in [-0.3, -0.25) is 14.6 Å². The van der Waals surface area contributed by atoms with Gasteiger partial charge in [-0.15, -0.1) is 0 Å². The van der Waals surface area contributed by atoms with Crippen LogP contribution in [0.2, 0.25) is 10.0 Å². The molecule has 2 amide bonds. The first-order valence-electron chi connectivity index (χ1n) is 7.00. The Hall–Kier alpha value is -2.11. The number of carbonyl (C=O) groups is 2. The maximum Gasteiger partial charge on any atom is 0.269 e. The molecule has 0 aliphatic heterocycles. The van der Waals surface area contributed by atoms with Crippen molar-refractivity contribution in [1.82, 2.24) is 15.6 Å². The number of rotatable bonds is 6. The lowest BCUT2D eigenvalue weighted by atomic mass is 10.2. The summed E-state index contributed by atoms with van der Waals surface area (Å²) in [7, 11) is 0. The third-order valence-electron chi connectivity index (χ3n) is 3.00. The SMILES string of the molecule is O=C(NCCCNC(=O)c1ccccn1)c1ccc(Cl)c(Cl)c1. The monoisotopic (exact) mass is 351 g/mol. The Morgan fingerprint density at radius 3 is 2.35 bits per heavy atom. The number of amides is 2. The van der Waals surface area contributed by atoms with E-state index in [1.54, 1.807) is 36.5 Å². The fourth-order valence-electron chi connectivity index (χ4n) is 1.82. The summed E-state index contributed by atoms with van der Waals surface area (Å²) in [5, 5.41) is 6.23. The molecule has 2 aromatic rings. The molecule has 0 fully saturated rings. The second-order valence-electron chi connectivity index (χ2n) is 4.71. The summed E-state index contributed by atoms with van der Waals surface area (Å²) in [6.07, 6.45) is 2.16. The number of pyridine rings is 1. The van der Waals surface area contributed by atoms with Gasteiger partial charge in [-0.1, -0.05) is 29.3 Å². The van der Waals surface area contributed by atoms with E-state index in [0.29, 0.717) is 40.8 Å². The topological polar surface area (TPSA) is 71.1 Å². The van der Waals surface area contributed by atoms with Crippen LogP contribution < -0.4 is 10.6 Å². The van der Waals surface area contributed by atoms with E-state index in [-0.39, 0.29) is 11.8 Å².